The SMILES string of the molecule is CC(C)Oc1cc(Cl)ncc1C#Cc1cnn(CCF)c1. The molecule has 0 radical (unpaired) electrons. The van der Waals surface area contributed by atoms with Crippen molar-refractivity contribution in [3.63, 3.8) is 0 Å². The molecule has 0 aliphatic carbocycles. The standard InChI is InChI=1S/C15H15ClFN3O/c1-11(2)21-14-7-15(16)18-9-13(14)4-3-12-8-19-20(10-12)6-5-17/h7-11H,5-6H2,1-2H3. The minimum atomic E-state index is -0.456. The van der Waals surface area contributed by atoms with E-state index in [2.05, 4.69) is 21.9 Å². The number of ether oxygens (including phenoxy) is 1. The first-order valence-corrected chi connectivity index (χ1v) is 6.89. The second-order valence-electron chi connectivity index (χ2n) is 4.60. The maximum absolute atomic E-state index is 12.2. The van der Waals surface area contributed by atoms with E-state index in [1.165, 1.54) is 4.68 Å². The lowest BCUT2D eigenvalue weighted by atomic mass is 10.2. The number of nitrogens with zero attached hydrogens (tertiary/aromatic N) is 3. The monoisotopic (exact) mass is 307 g/mol. The molecule has 2 aromatic rings. The summed E-state index contributed by atoms with van der Waals surface area (Å²) in [6, 6.07) is 1.64. The Morgan fingerprint density at radius 1 is 1.38 bits per heavy atom. The lowest BCUT2D eigenvalue weighted by Crippen LogP contribution is -2.07. The Kier molecular flexibility index (Phi) is 5.18. The molecule has 0 amide bonds. The number of aromatic nitrogens is 3. The maximum atomic E-state index is 12.2. The third kappa shape index (κ3) is 4.47. The van der Waals surface area contributed by atoms with E-state index in [0.717, 1.165) is 0 Å². The number of hydrogen-bond donors (Lipinski definition) is 0. The molecule has 0 bridgehead atoms. The molecule has 0 atom stereocenters. The van der Waals surface area contributed by atoms with Gasteiger partial charge < -0.3 is 4.74 Å². The van der Waals surface area contributed by atoms with E-state index >= 15 is 0 Å². The van der Waals surface area contributed by atoms with Crippen LogP contribution in [0.3, 0.4) is 0 Å². The van der Waals surface area contributed by atoms with Crippen molar-refractivity contribution in [3.8, 4) is 17.6 Å². The highest BCUT2D eigenvalue weighted by atomic mass is 35.5. The summed E-state index contributed by atoms with van der Waals surface area (Å²) < 4.78 is 19.4. The van der Waals surface area contributed by atoms with Crippen molar-refractivity contribution >= 4 is 11.6 Å². The topological polar surface area (TPSA) is 39.9 Å². The lowest BCUT2D eigenvalue weighted by molar-refractivity contribution is 0.241. The van der Waals surface area contributed by atoms with Crippen LogP contribution >= 0.6 is 11.6 Å². The molecule has 0 aromatic carbocycles. The van der Waals surface area contributed by atoms with Gasteiger partial charge in [0.1, 0.15) is 17.6 Å². The Bertz CT molecular complexity index is 673. The van der Waals surface area contributed by atoms with Crippen LogP contribution in [-0.4, -0.2) is 27.5 Å². The molecule has 0 fully saturated rings. The second kappa shape index (κ2) is 7.09. The van der Waals surface area contributed by atoms with Crippen molar-refractivity contribution in [1.29, 1.82) is 0 Å². The quantitative estimate of drug-likeness (QED) is 0.644. The van der Waals surface area contributed by atoms with Gasteiger partial charge in [0.25, 0.3) is 0 Å². The van der Waals surface area contributed by atoms with Gasteiger partial charge in [-0.15, -0.1) is 0 Å². The van der Waals surface area contributed by atoms with Crippen LogP contribution in [0.15, 0.2) is 24.7 Å². The van der Waals surface area contributed by atoms with Gasteiger partial charge in [-0.3, -0.25) is 4.68 Å². The van der Waals surface area contributed by atoms with E-state index in [4.69, 9.17) is 16.3 Å². The molecule has 110 valence electrons. The average Bonchev–Trinajstić information content (AvgIpc) is 2.85. The summed E-state index contributed by atoms with van der Waals surface area (Å²) in [5.74, 6) is 6.52. The number of alkyl halides is 1. The summed E-state index contributed by atoms with van der Waals surface area (Å²) >= 11 is 5.87. The van der Waals surface area contributed by atoms with Crippen molar-refractivity contribution in [3.05, 3.63) is 40.9 Å². The highest BCUT2D eigenvalue weighted by molar-refractivity contribution is 6.29. The van der Waals surface area contributed by atoms with Gasteiger partial charge in [0, 0.05) is 18.5 Å². The molecule has 0 N–H and O–H groups in total. The predicted octanol–water partition coefficient (Wildman–Crippen LogP) is 3.09. The smallest absolute Gasteiger partial charge is 0.139 e. The van der Waals surface area contributed by atoms with E-state index in [9.17, 15) is 4.39 Å². The predicted molar refractivity (Wildman–Crippen MR) is 79.2 cm³/mol. The number of pyridine rings is 1. The van der Waals surface area contributed by atoms with Crippen LogP contribution in [0.2, 0.25) is 5.15 Å². The van der Waals surface area contributed by atoms with Crippen LogP contribution in [-0.2, 0) is 6.54 Å². The van der Waals surface area contributed by atoms with Crippen LogP contribution < -0.4 is 4.74 Å². The molecule has 2 heterocycles. The average molecular weight is 308 g/mol. The summed E-state index contributed by atoms with van der Waals surface area (Å²) in [6.45, 7) is 3.62. The zero-order valence-corrected chi connectivity index (χ0v) is 12.6. The molecule has 0 spiro atoms. The summed E-state index contributed by atoms with van der Waals surface area (Å²) in [7, 11) is 0. The molecular formula is C15H15ClFN3O. The molecule has 0 saturated carbocycles. The van der Waals surface area contributed by atoms with Crippen molar-refractivity contribution < 1.29 is 9.13 Å². The van der Waals surface area contributed by atoms with Crippen molar-refractivity contribution in [2.75, 3.05) is 6.67 Å². The zero-order valence-electron chi connectivity index (χ0n) is 11.8. The minimum Gasteiger partial charge on any atom is -0.490 e. The van der Waals surface area contributed by atoms with Gasteiger partial charge in [-0.25, -0.2) is 9.37 Å². The minimum absolute atomic E-state index is 0.0105. The molecule has 4 nitrogen and oxygen atoms in total. The summed E-state index contributed by atoms with van der Waals surface area (Å²) in [6.07, 6.45) is 4.86. The Balaban J connectivity index is 2.24. The van der Waals surface area contributed by atoms with Crippen molar-refractivity contribution in [2.45, 2.75) is 26.5 Å². The fraction of sp³-hybridized carbons (Fsp3) is 0.333. The first-order chi connectivity index (χ1) is 10.1. The maximum Gasteiger partial charge on any atom is 0.139 e. The fourth-order valence-electron chi connectivity index (χ4n) is 1.63. The molecule has 0 aliphatic heterocycles. The number of aryl methyl sites for hydroxylation is 1. The van der Waals surface area contributed by atoms with Crippen molar-refractivity contribution in [2.24, 2.45) is 0 Å². The second-order valence-corrected chi connectivity index (χ2v) is 4.99. The van der Waals surface area contributed by atoms with Gasteiger partial charge in [0.2, 0.25) is 0 Å². The largest absolute Gasteiger partial charge is 0.490 e. The highest BCUT2D eigenvalue weighted by Crippen LogP contribution is 2.21. The normalized spacial score (nSPS) is 10.3. The fourth-order valence-corrected chi connectivity index (χ4v) is 1.78. The van der Waals surface area contributed by atoms with E-state index in [-0.39, 0.29) is 12.6 Å². The number of halogens is 2. The first kappa shape index (κ1) is 15.3. The van der Waals surface area contributed by atoms with Crippen LogP contribution in [0.4, 0.5) is 4.39 Å². The Morgan fingerprint density at radius 2 is 2.19 bits per heavy atom. The van der Waals surface area contributed by atoms with E-state index in [0.29, 0.717) is 22.0 Å². The van der Waals surface area contributed by atoms with Crippen LogP contribution in [0.5, 0.6) is 5.75 Å². The van der Waals surface area contributed by atoms with E-state index < -0.39 is 6.67 Å². The van der Waals surface area contributed by atoms with E-state index in [1.54, 1.807) is 24.7 Å². The summed E-state index contributed by atoms with van der Waals surface area (Å²) in [5, 5.41) is 4.36. The van der Waals surface area contributed by atoms with Crippen LogP contribution in [0.1, 0.15) is 25.0 Å². The van der Waals surface area contributed by atoms with E-state index in [1.807, 2.05) is 13.8 Å². The molecule has 0 aliphatic rings. The molecule has 21 heavy (non-hydrogen) atoms. The van der Waals surface area contributed by atoms with Crippen LogP contribution in [0.25, 0.3) is 0 Å². The number of hydrogen-bond acceptors (Lipinski definition) is 3. The number of rotatable bonds is 4. The molecule has 6 heteroatoms. The molecule has 2 aromatic heterocycles. The molecule has 2 rings (SSSR count). The Hall–Kier alpha value is -2.06. The third-order valence-corrected chi connectivity index (χ3v) is 2.69. The van der Waals surface area contributed by atoms with Gasteiger partial charge in [-0.2, -0.15) is 5.10 Å². The summed E-state index contributed by atoms with van der Waals surface area (Å²) in [5.41, 5.74) is 1.35. The van der Waals surface area contributed by atoms with Gasteiger partial charge in [0.05, 0.1) is 30.0 Å². The van der Waals surface area contributed by atoms with Gasteiger partial charge in [0.15, 0.2) is 0 Å². The molecule has 0 unspecified atom stereocenters. The van der Waals surface area contributed by atoms with Crippen molar-refractivity contribution in [1.82, 2.24) is 14.8 Å². The van der Waals surface area contributed by atoms with Gasteiger partial charge in [-0.1, -0.05) is 23.4 Å². The molecule has 0 saturated heterocycles. The lowest BCUT2D eigenvalue weighted by Gasteiger charge is -2.11. The Morgan fingerprint density at radius 3 is 2.90 bits per heavy atom. The summed E-state index contributed by atoms with van der Waals surface area (Å²) in [4.78, 5) is 4.01. The first-order valence-electron chi connectivity index (χ1n) is 6.51. The van der Waals surface area contributed by atoms with Crippen LogP contribution in [0, 0.1) is 11.8 Å². The third-order valence-electron chi connectivity index (χ3n) is 2.48. The zero-order chi connectivity index (χ0) is 15.2. The Labute approximate surface area is 127 Å². The highest BCUT2D eigenvalue weighted by Gasteiger charge is 2.06. The van der Waals surface area contributed by atoms with Gasteiger partial charge in [-0.05, 0) is 13.8 Å². The molecular weight excluding hydrogens is 293 g/mol. The van der Waals surface area contributed by atoms with Gasteiger partial charge >= 0.3 is 0 Å².